The summed E-state index contributed by atoms with van der Waals surface area (Å²) in [5, 5.41) is 1.12. The fourth-order valence-corrected chi connectivity index (χ4v) is 1.84. The molecule has 0 heterocycles. The van der Waals surface area contributed by atoms with Crippen molar-refractivity contribution in [3.63, 3.8) is 0 Å². The van der Waals surface area contributed by atoms with Gasteiger partial charge in [0, 0.05) is 16.5 Å². The molecule has 0 bridgehead atoms. The maximum Gasteiger partial charge on any atom is 0.154 e. The van der Waals surface area contributed by atoms with Crippen molar-refractivity contribution in [3.8, 4) is 0 Å². The van der Waals surface area contributed by atoms with E-state index < -0.39 is 6.04 Å². The third-order valence-electron chi connectivity index (χ3n) is 2.65. The number of ketones is 1. The summed E-state index contributed by atoms with van der Waals surface area (Å²) in [5.41, 5.74) is 6.38. The summed E-state index contributed by atoms with van der Waals surface area (Å²) in [6.45, 7) is 5.82. The Morgan fingerprint density at radius 3 is 2.47 bits per heavy atom. The van der Waals surface area contributed by atoms with Gasteiger partial charge in [-0.1, -0.05) is 44.0 Å². The van der Waals surface area contributed by atoms with Crippen LogP contribution in [0.5, 0.6) is 0 Å². The van der Waals surface area contributed by atoms with Gasteiger partial charge in [-0.2, -0.15) is 0 Å². The minimum Gasteiger partial charge on any atom is -0.321 e. The molecule has 1 aromatic rings. The minimum atomic E-state index is -0.502. The average molecular weight is 274 g/mol. The van der Waals surface area contributed by atoms with Gasteiger partial charge in [0.2, 0.25) is 0 Å². The normalized spacial score (nSPS) is 13.5. The maximum absolute atomic E-state index is 12.0. The first-order valence-electron chi connectivity index (χ1n) is 5.44. The molecule has 0 saturated carbocycles. The van der Waals surface area contributed by atoms with Crippen LogP contribution in [0.3, 0.4) is 0 Å². The Labute approximate surface area is 112 Å². The number of hydrogen-bond donors (Lipinski definition) is 1. The van der Waals surface area contributed by atoms with Crippen molar-refractivity contribution in [2.75, 3.05) is 0 Å². The van der Waals surface area contributed by atoms with Crippen molar-refractivity contribution >= 4 is 29.0 Å². The molecule has 2 N–H and O–H groups in total. The van der Waals surface area contributed by atoms with Crippen molar-refractivity contribution in [1.29, 1.82) is 0 Å². The van der Waals surface area contributed by atoms with Gasteiger partial charge in [0.15, 0.2) is 5.78 Å². The van der Waals surface area contributed by atoms with Crippen molar-refractivity contribution in [2.45, 2.75) is 33.2 Å². The van der Waals surface area contributed by atoms with E-state index in [4.69, 9.17) is 28.9 Å². The summed E-state index contributed by atoms with van der Waals surface area (Å²) in [6, 6.07) is 4.59. The Morgan fingerprint density at radius 2 is 1.94 bits per heavy atom. The van der Waals surface area contributed by atoms with Gasteiger partial charge in [-0.3, -0.25) is 4.79 Å². The second-order valence-corrected chi connectivity index (χ2v) is 6.07. The lowest BCUT2D eigenvalue weighted by Crippen LogP contribution is -2.43. The first kappa shape index (κ1) is 14.5. The number of carbonyl (C=O) groups is 1. The summed E-state index contributed by atoms with van der Waals surface area (Å²) >= 11 is 11.9. The summed E-state index contributed by atoms with van der Waals surface area (Å²) < 4.78 is 0. The van der Waals surface area contributed by atoms with Crippen molar-refractivity contribution in [1.82, 2.24) is 0 Å². The van der Waals surface area contributed by atoms with Gasteiger partial charge in [0.1, 0.15) is 0 Å². The molecule has 4 heteroatoms. The highest BCUT2D eigenvalue weighted by molar-refractivity contribution is 6.33. The topological polar surface area (TPSA) is 43.1 Å². The summed E-state index contributed by atoms with van der Waals surface area (Å²) in [5.74, 6) is -0.0262. The SMILES string of the molecule is CC(C)(C)C(N)C(=O)Cc1cc(Cl)ccc1Cl. The van der Waals surface area contributed by atoms with E-state index in [9.17, 15) is 4.79 Å². The minimum absolute atomic E-state index is 0.0262. The number of hydrogen-bond acceptors (Lipinski definition) is 2. The van der Waals surface area contributed by atoms with E-state index in [0.29, 0.717) is 10.0 Å². The molecule has 1 aromatic carbocycles. The molecule has 0 aromatic heterocycles. The zero-order chi connectivity index (χ0) is 13.2. The van der Waals surface area contributed by atoms with Crippen LogP contribution in [0.1, 0.15) is 26.3 Å². The molecular formula is C13H17Cl2NO. The van der Waals surface area contributed by atoms with E-state index in [1.54, 1.807) is 18.2 Å². The van der Waals surface area contributed by atoms with E-state index in [1.807, 2.05) is 20.8 Å². The van der Waals surface area contributed by atoms with Gasteiger partial charge < -0.3 is 5.73 Å². The predicted octanol–water partition coefficient (Wildman–Crippen LogP) is 3.48. The molecule has 1 rings (SSSR count). The molecule has 1 atom stereocenters. The van der Waals surface area contributed by atoms with Crippen LogP contribution in [-0.2, 0) is 11.2 Å². The van der Waals surface area contributed by atoms with Crippen molar-refractivity contribution < 1.29 is 4.79 Å². The first-order valence-corrected chi connectivity index (χ1v) is 6.19. The fourth-order valence-electron chi connectivity index (χ4n) is 1.46. The standard InChI is InChI=1S/C13H17Cl2NO/c1-13(2,3)12(16)11(17)7-8-6-9(14)4-5-10(8)15/h4-6,12H,7,16H2,1-3H3. The van der Waals surface area contributed by atoms with Gasteiger partial charge in [0.25, 0.3) is 0 Å². The molecule has 0 amide bonds. The first-order chi connectivity index (χ1) is 7.71. The Bertz CT molecular complexity index is 424. The van der Waals surface area contributed by atoms with E-state index in [1.165, 1.54) is 0 Å². The second kappa shape index (κ2) is 5.38. The summed E-state index contributed by atoms with van der Waals surface area (Å²) in [6.07, 6.45) is 0.220. The fraction of sp³-hybridized carbons (Fsp3) is 0.462. The molecule has 0 aliphatic carbocycles. The summed E-state index contributed by atoms with van der Waals surface area (Å²) in [4.78, 5) is 12.0. The molecule has 2 nitrogen and oxygen atoms in total. The molecule has 0 aliphatic rings. The van der Waals surface area contributed by atoms with E-state index >= 15 is 0 Å². The molecule has 0 aliphatic heterocycles. The highest BCUT2D eigenvalue weighted by Crippen LogP contribution is 2.24. The van der Waals surface area contributed by atoms with Crippen LogP contribution in [0.15, 0.2) is 18.2 Å². The van der Waals surface area contributed by atoms with Gasteiger partial charge in [-0.15, -0.1) is 0 Å². The molecule has 0 saturated heterocycles. The van der Waals surface area contributed by atoms with Crippen LogP contribution in [0, 0.1) is 5.41 Å². The average Bonchev–Trinajstić information content (AvgIpc) is 2.21. The number of Topliss-reactive ketones (excluding diaryl/α,β-unsaturated/α-hetero) is 1. The zero-order valence-corrected chi connectivity index (χ0v) is 11.8. The van der Waals surface area contributed by atoms with Gasteiger partial charge in [0.05, 0.1) is 6.04 Å². The van der Waals surface area contributed by atoms with Crippen LogP contribution in [0.4, 0.5) is 0 Å². The number of rotatable bonds is 3. The van der Waals surface area contributed by atoms with E-state index in [0.717, 1.165) is 5.56 Å². The lowest BCUT2D eigenvalue weighted by Gasteiger charge is -2.25. The molecule has 0 spiro atoms. The highest BCUT2D eigenvalue weighted by atomic mass is 35.5. The molecule has 17 heavy (non-hydrogen) atoms. The molecular weight excluding hydrogens is 257 g/mol. The quantitative estimate of drug-likeness (QED) is 0.917. The zero-order valence-electron chi connectivity index (χ0n) is 10.3. The largest absolute Gasteiger partial charge is 0.321 e. The number of benzene rings is 1. The van der Waals surface area contributed by atoms with Crippen molar-refractivity contribution in [2.24, 2.45) is 11.1 Å². The Balaban J connectivity index is 2.85. The van der Waals surface area contributed by atoms with Crippen LogP contribution in [-0.4, -0.2) is 11.8 Å². The van der Waals surface area contributed by atoms with Crippen molar-refractivity contribution in [3.05, 3.63) is 33.8 Å². The van der Waals surface area contributed by atoms with Crippen LogP contribution in [0.2, 0.25) is 10.0 Å². The van der Waals surface area contributed by atoms with E-state index in [-0.39, 0.29) is 17.6 Å². The van der Waals surface area contributed by atoms with Gasteiger partial charge >= 0.3 is 0 Å². The lowest BCUT2D eigenvalue weighted by molar-refractivity contribution is -0.121. The predicted molar refractivity (Wildman–Crippen MR) is 72.6 cm³/mol. The number of carbonyl (C=O) groups excluding carboxylic acids is 1. The Morgan fingerprint density at radius 1 is 1.35 bits per heavy atom. The summed E-state index contributed by atoms with van der Waals surface area (Å²) in [7, 11) is 0. The Kier molecular flexibility index (Phi) is 4.59. The molecule has 1 unspecified atom stereocenters. The highest BCUT2D eigenvalue weighted by Gasteiger charge is 2.27. The molecule has 0 radical (unpaired) electrons. The number of nitrogens with two attached hydrogens (primary N) is 1. The number of halogens is 2. The van der Waals surface area contributed by atoms with Gasteiger partial charge in [-0.25, -0.2) is 0 Å². The smallest absolute Gasteiger partial charge is 0.154 e. The lowest BCUT2D eigenvalue weighted by atomic mass is 9.83. The van der Waals surface area contributed by atoms with E-state index in [2.05, 4.69) is 0 Å². The third-order valence-corrected chi connectivity index (χ3v) is 3.26. The third kappa shape index (κ3) is 3.98. The van der Waals surface area contributed by atoms with Crippen LogP contribution < -0.4 is 5.73 Å². The Hall–Kier alpha value is -0.570. The maximum atomic E-state index is 12.0. The van der Waals surface area contributed by atoms with Crippen LogP contribution in [0.25, 0.3) is 0 Å². The van der Waals surface area contributed by atoms with Crippen LogP contribution >= 0.6 is 23.2 Å². The molecule has 0 fully saturated rings. The van der Waals surface area contributed by atoms with Gasteiger partial charge in [-0.05, 0) is 29.2 Å². The second-order valence-electron chi connectivity index (χ2n) is 5.22. The molecule has 94 valence electrons. The monoisotopic (exact) mass is 273 g/mol.